The summed E-state index contributed by atoms with van der Waals surface area (Å²) >= 11 is 1.41. The first-order valence-electron chi connectivity index (χ1n) is 7.84. The third kappa shape index (κ3) is 4.42. The second-order valence-electron chi connectivity index (χ2n) is 5.75. The molecule has 128 valence electrons. The van der Waals surface area contributed by atoms with E-state index in [9.17, 15) is 9.18 Å². The fourth-order valence-corrected chi connectivity index (χ4v) is 3.08. The Morgan fingerprint density at radius 2 is 1.92 bits per heavy atom. The minimum absolute atomic E-state index is 0.104. The van der Waals surface area contributed by atoms with Gasteiger partial charge < -0.3 is 10.6 Å². The number of anilines is 3. The monoisotopic (exact) mass is 355 g/mol. The van der Waals surface area contributed by atoms with Crippen LogP contribution < -0.4 is 10.6 Å². The number of rotatable bonds is 5. The van der Waals surface area contributed by atoms with Crippen LogP contribution in [0.15, 0.2) is 47.8 Å². The molecule has 0 spiro atoms. The molecule has 2 aromatic carbocycles. The van der Waals surface area contributed by atoms with E-state index in [1.807, 2.05) is 37.4 Å². The van der Waals surface area contributed by atoms with Crippen LogP contribution in [0.1, 0.15) is 16.8 Å². The number of hydrogen-bond acceptors (Lipinski definition) is 4. The lowest BCUT2D eigenvalue weighted by Crippen LogP contribution is -2.15. The maximum absolute atomic E-state index is 12.9. The van der Waals surface area contributed by atoms with E-state index in [1.165, 1.54) is 23.5 Å². The van der Waals surface area contributed by atoms with E-state index >= 15 is 0 Å². The summed E-state index contributed by atoms with van der Waals surface area (Å²) < 4.78 is 12.9. The van der Waals surface area contributed by atoms with Crippen molar-refractivity contribution in [2.45, 2.75) is 20.3 Å². The molecule has 0 aliphatic heterocycles. The molecule has 0 fully saturated rings. The molecule has 1 aromatic heterocycles. The largest absolute Gasteiger partial charge is 0.332 e. The van der Waals surface area contributed by atoms with Gasteiger partial charge in [-0.05, 0) is 55.3 Å². The van der Waals surface area contributed by atoms with Crippen LogP contribution in [0.25, 0.3) is 0 Å². The van der Waals surface area contributed by atoms with Crippen molar-refractivity contribution < 1.29 is 9.18 Å². The van der Waals surface area contributed by atoms with Crippen molar-refractivity contribution in [3.8, 4) is 0 Å². The van der Waals surface area contributed by atoms with Crippen molar-refractivity contribution in [3.05, 3.63) is 70.5 Å². The Hall–Kier alpha value is -2.73. The summed E-state index contributed by atoms with van der Waals surface area (Å²) in [4.78, 5) is 16.6. The molecule has 0 saturated carbocycles. The average Bonchev–Trinajstić information content (AvgIpc) is 3.01. The van der Waals surface area contributed by atoms with E-state index in [0.29, 0.717) is 10.8 Å². The predicted octanol–water partition coefficient (Wildman–Crippen LogP) is 4.82. The van der Waals surface area contributed by atoms with E-state index in [2.05, 4.69) is 15.6 Å². The summed E-state index contributed by atoms with van der Waals surface area (Å²) in [6.07, 6.45) is 0.203. The number of carbonyl (C=O) groups is 1. The summed E-state index contributed by atoms with van der Waals surface area (Å²) in [6, 6.07) is 11.9. The lowest BCUT2D eigenvalue weighted by Gasteiger charge is -2.09. The molecule has 25 heavy (non-hydrogen) atoms. The SMILES string of the molecule is Cc1cccc(NC(=O)Cc2csc(Nc3ccc(F)cc3)n2)c1C. The van der Waals surface area contributed by atoms with Crippen LogP contribution in [0.5, 0.6) is 0 Å². The highest BCUT2D eigenvalue weighted by molar-refractivity contribution is 7.13. The Labute approximate surface area is 149 Å². The summed E-state index contributed by atoms with van der Waals surface area (Å²) in [6.45, 7) is 4.00. The van der Waals surface area contributed by atoms with Gasteiger partial charge in [0.2, 0.25) is 5.91 Å². The highest BCUT2D eigenvalue weighted by Crippen LogP contribution is 2.22. The Balaban J connectivity index is 1.61. The molecule has 0 unspecified atom stereocenters. The molecule has 4 nitrogen and oxygen atoms in total. The van der Waals surface area contributed by atoms with E-state index in [1.54, 1.807) is 12.1 Å². The van der Waals surface area contributed by atoms with Crippen LogP contribution in [-0.4, -0.2) is 10.9 Å². The number of nitrogens with one attached hydrogen (secondary N) is 2. The van der Waals surface area contributed by atoms with Crippen molar-refractivity contribution >= 4 is 33.8 Å². The van der Waals surface area contributed by atoms with E-state index < -0.39 is 0 Å². The minimum Gasteiger partial charge on any atom is -0.332 e. The van der Waals surface area contributed by atoms with Crippen LogP contribution in [0, 0.1) is 19.7 Å². The number of nitrogens with zero attached hydrogens (tertiary/aromatic N) is 1. The fourth-order valence-electron chi connectivity index (χ4n) is 2.35. The van der Waals surface area contributed by atoms with Gasteiger partial charge >= 0.3 is 0 Å². The molecule has 2 N–H and O–H groups in total. The summed E-state index contributed by atoms with van der Waals surface area (Å²) in [7, 11) is 0. The Morgan fingerprint density at radius 3 is 2.68 bits per heavy atom. The number of benzene rings is 2. The topological polar surface area (TPSA) is 54.0 Å². The van der Waals surface area contributed by atoms with Crippen molar-refractivity contribution in [1.82, 2.24) is 4.98 Å². The highest BCUT2D eigenvalue weighted by atomic mass is 32.1. The number of aromatic nitrogens is 1. The molecular formula is C19H18FN3OS. The first kappa shape index (κ1) is 17.1. The number of amides is 1. The quantitative estimate of drug-likeness (QED) is 0.690. The van der Waals surface area contributed by atoms with E-state index in [4.69, 9.17) is 0 Å². The summed E-state index contributed by atoms with van der Waals surface area (Å²) in [5.74, 6) is -0.388. The molecule has 0 aliphatic carbocycles. The zero-order valence-electron chi connectivity index (χ0n) is 14.0. The zero-order chi connectivity index (χ0) is 17.8. The normalized spacial score (nSPS) is 10.5. The van der Waals surface area contributed by atoms with Gasteiger partial charge in [0.15, 0.2) is 5.13 Å². The molecule has 0 aliphatic rings. The number of halogens is 1. The lowest BCUT2D eigenvalue weighted by molar-refractivity contribution is -0.115. The fraction of sp³-hybridized carbons (Fsp3) is 0.158. The van der Waals surface area contributed by atoms with Crippen molar-refractivity contribution in [2.75, 3.05) is 10.6 Å². The Kier molecular flexibility index (Phi) is 5.09. The molecule has 3 rings (SSSR count). The third-order valence-corrected chi connectivity index (χ3v) is 4.67. The van der Waals surface area contributed by atoms with E-state index in [0.717, 1.165) is 22.5 Å². The van der Waals surface area contributed by atoms with Crippen LogP contribution in [0.2, 0.25) is 0 Å². The average molecular weight is 355 g/mol. The van der Waals surface area contributed by atoms with Gasteiger partial charge in [0.1, 0.15) is 5.82 Å². The van der Waals surface area contributed by atoms with Crippen LogP contribution in [0.4, 0.5) is 20.9 Å². The van der Waals surface area contributed by atoms with Gasteiger partial charge in [0.05, 0.1) is 12.1 Å². The van der Waals surface area contributed by atoms with Crippen molar-refractivity contribution in [1.29, 1.82) is 0 Å². The second-order valence-corrected chi connectivity index (χ2v) is 6.61. The summed E-state index contributed by atoms with van der Waals surface area (Å²) in [5.41, 5.74) is 4.47. The Morgan fingerprint density at radius 1 is 1.16 bits per heavy atom. The van der Waals surface area contributed by atoms with Gasteiger partial charge in [-0.2, -0.15) is 0 Å². The molecule has 3 aromatic rings. The molecule has 1 heterocycles. The maximum atomic E-state index is 12.9. The standard InChI is InChI=1S/C19H18FN3OS/c1-12-4-3-5-17(13(12)2)23-18(24)10-16-11-25-19(22-16)21-15-8-6-14(20)7-9-15/h3-9,11H,10H2,1-2H3,(H,21,22)(H,23,24). The van der Waals surface area contributed by atoms with Gasteiger partial charge in [-0.3, -0.25) is 4.79 Å². The number of hydrogen-bond donors (Lipinski definition) is 2. The lowest BCUT2D eigenvalue weighted by atomic mass is 10.1. The van der Waals surface area contributed by atoms with Gasteiger partial charge in [-0.1, -0.05) is 12.1 Å². The van der Waals surface area contributed by atoms with Gasteiger partial charge in [0, 0.05) is 16.8 Å². The number of thiazole rings is 1. The highest BCUT2D eigenvalue weighted by Gasteiger charge is 2.10. The third-order valence-electron chi connectivity index (χ3n) is 3.87. The molecule has 6 heteroatoms. The Bertz CT molecular complexity index is 890. The van der Waals surface area contributed by atoms with Crippen LogP contribution in [0.3, 0.4) is 0 Å². The van der Waals surface area contributed by atoms with Gasteiger partial charge in [-0.25, -0.2) is 9.37 Å². The molecule has 0 bridgehead atoms. The first-order valence-corrected chi connectivity index (χ1v) is 8.72. The molecule has 1 amide bonds. The minimum atomic E-state index is -0.284. The molecule has 0 radical (unpaired) electrons. The maximum Gasteiger partial charge on any atom is 0.230 e. The first-order chi connectivity index (χ1) is 12.0. The molecular weight excluding hydrogens is 337 g/mol. The predicted molar refractivity (Wildman–Crippen MR) is 100 cm³/mol. The van der Waals surface area contributed by atoms with E-state index in [-0.39, 0.29) is 18.1 Å². The smallest absolute Gasteiger partial charge is 0.230 e. The zero-order valence-corrected chi connectivity index (χ0v) is 14.8. The van der Waals surface area contributed by atoms with Crippen LogP contribution >= 0.6 is 11.3 Å². The molecule has 0 saturated heterocycles. The second kappa shape index (κ2) is 7.44. The van der Waals surface area contributed by atoms with Crippen LogP contribution in [-0.2, 0) is 11.2 Å². The van der Waals surface area contributed by atoms with Gasteiger partial charge in [-0.15, -0.1) is 11.3 Å². The summed E-state index contributed by atoms with van der Waals surface area (Å²) in [5, 5.41) is 8.54. The molecule has 0 atom stereocenters. The van der Waals surface area contributed by atoms with Gasteiger partial charge in [0.25, 0.3) is 0 Å². The van der Waals surface area contributed by atoms with Crippen molar-refractivity contribution in [2.24, 2.45) is 0 Å². The van der Waals surface area contributed by atoms with Crippen molar-refractivity contribution in [3.63, 3.8) is 0 Å². The number of aryl methyl sites for hydroxylation is 1. The number of carbonyl (C=O) groups excluding carboxylic acids is 1.